The number of piperidine rings is 1. The molecule has 1 heterocycles. The molecular weight excluding hydrogens is 158 g/mol. The van der Waals surface area contributed by atoms with E-state index in [-0.39, 0.29) is 0 Å². The third-order valence-corrected chi connectivity index (χ3v) is 3.57. The molecule has 0 bridgehead atoms. The minimum atomic E-state index is 0.480. The molecule has 0 radical (unpaired) electrons. The predicted molar refractivity (Wildman–Crippen MR) is 56.8 cm³/mol. The van der Waals surface area contributed by atoms with Crippen LogP contribution in [0.1, 0.15) is 46.5 Å². The maximum absolute atomic E-state index is 2.66. The monoisotopic (exact) mass is 181 g/mol. The topological polar surface area (TPSA) is 3.24 Å². The minimum Gasteiger partial charge on any atom is -0.303 e. The van der Waals surface area contributed by atoms with Gasteiger partial charge < -0.3 is 4.90 Å². The van der Waals surface area contributed by atoms with Crippen LogP contribution in [-0.2, 0) is 0 Å². The van der Waals surface area contributed by atoms with Crippen LogP contribution in [0.25, 0.3) is 0 Å². The Kier molecular flexibility index (Phi) is 2.18. The van der Waals surface area contributed by atoms with Crippen LogP contribution in [0.5, 0.6) is 0 Å². The highest BCUT2D eigenvalue weighted by molar-refractivity contribution is 4.97. The molecule has 0 aromatic rings. The third kappa shape index (κ3) is 2.46. The Labute approximate surface area is 82.5 Å². The first-order chi connectivity index (χ1) is 5.99. The van der Waals surface area contributed by atoms with Gasteiger partial charge in [-0.2, -0.15) is 0 Å². The molecule has 13 heavy (non-hydrogen) atoms. The van der Waals surface area contributed by atoms with Crippen LogP contribution < -0.4 is 0 Å². The lowest BCUT2D eigenvalue weighted by atomic mass is 9.90. The summed E-state index contributed by atoms with van der Waals surface area (Å²) in [5, 5.41) is 0. The summed E-state index contributed by atoms with van der Waals surface area (Å²) in [6.07, 6.45) is 6.00. The zero-order valence-corrected chi connectivity index (χ0v) is 9.40. The quantitative estimate of drug-likeness (QED) is 0.601. The van der Waals surface area contributed by atoms with Gasteiger partial charge in [-0.3, -0.25) is 0 Å². The third-order valence-electron chi connectivity index (χ3n) is 3.57. The lowest BCUT2D eigenvalue weighted by Gasteiger charge is -2.36. The summed E-state index contributed by atoms with van der Waals surface area (Å²) in [6.45, 7) is 11.0. The molecule has 1 aliphatic heterocycles. The fourth-order valence-electron chi connectivity index (χ4n) is 2.53. The second kappa shape index (κ2) is 2.98. The van der Waals surface area contributed by atoms with Gasteiger partial charge in [-0.1, -0.05) is 20.8 Å². The van der Waals surface area contributed by atoms with Gasteiger partial charge in [0.2, 0.25) is 0 Å². The van der Waals surface area contributed by atoms with E-state index in [2.05, 4.69) is 25.7 Å². The summed E-state index contributed by atoms with van der Waals surface area (Å²) in [4.78, 5) is 2.66. The van der Waals surface area contributed by atoms with Gasteiger partial charge in [-0.15, -0.1) is 0 Å². The van der Waals surface area contributed by atoms with Crippen molar-refractivity contribution >= 4 is 0 Å². The van der Waals surface area contributed by atoms with Crippen LogP contribution >= 0.6 is 0 Å². The van der Waals surface area contributed by atoms with E-state index >= 15 is 0 Å². The zero-order valence-electron chi connectivity index (χ0n) is 9.40. The van der Waals surface area contributed by atoms with E-state index in [1.54, 1.807) is 0 Å². The first-order valence-corrected chi connectivity index (χ1v) is 5.72. The maximum Gasteiger partial charge on any atom is 0.00300 e. The predicted octanol–water partition coefficient (Wildman–Crippen LogP) is 2.91. The van der Waals surface area contributed by atoms with Crippen molar-refractivity contribution in [3.8, 4) is 0 Å². The second-order valence-corrected chi connectivity index (χ2v) is 6.34. The Hall–Kier alpha value is -0.0400. The van der Waals surface area contributed by atoms with E-state index in [0.717, 1.165) is 5.41 Å². The molecule has 1 heteroatoms. The molecule has 1 aliphatic carbocycles. The van der Waals surface area contributed by atoms with Gasteiger partial charge in [-0.25, -0.2) is 0 Å². The van der Waals surface area contributed by atoms with Crippen LogP contribution in [0.2, 0.25) is 0 Å². The van der Waals surface area contributed by atoms with Gasteiger partial charge in [0.15, 0.2) is 0 Å². The summed E-state index contributed by atoms with van der Waals surface area (Å²) in [6, 6.07) is 0. The van der Waals surface area contributed by atoms with Crippen LogP contribution in [-0.4, -0.2) is 24.5 Å². The van der Waals surface area contributed by atoms with Gasteiger partial charge in [0.05, 0.1) is 0 Å². The number of hydrogen-bond donors (Lipinski definition) is 0. The highest BCUT2D eigenvalue weighted by Gasteiger charge is 2.44. The van der Waals surface area contributed by atoms with E-state index < -0.39 is 0 Å². The molecule has 76 valence electrons. The average Bonchev–Trinajstić information content (AvgIpc) is 2.73. The fraction of sp³-hybridized carbons (Fsp3) is 1.00. The Morgan fingerprint density at radius 1 is 1.00 bits per heavy atom. The molecule has 2 aliphatic rings. The number of rotatable bonds is 1. The highest BCUT2D eigenvalue weighted by atomic mass is 15.1. The summed E-state index contributed by atoms with van der Waals surface area (Å²) in [7, 11) is 0. The number of likely N-dealkylation sites (tertiary alicyclic amines) is 1. The first kappa shape index (κ1) is 9.51. The summed E-state index contributed by atoms with van der Waals surface area (Å²) >= 11 is 0. The molecule has 0 unspecified atom stereocenters. The average molecular weight is 181 g/mol. The lowest BCUT2D eigenvalue weighted by Crippen LogP contribution is -2.39. The first-order valence-electron chi connectivity index (χ1n) is 5.72. The molecule has 2 rings (SSSR count). The van der Waals surface area contributed by atoms with E-state index in [4.69, 9.17) is 0 Å². The summed E-state index contributed by atoms with van der Waals surface area (Å²) < 4.78 is 0. The van der Waals surface area contributed by atoms with Gasteiger partial charge in [0.25, 0.3) is 0 Å². The zero-order chi connectivity index (χ0) is 9.53. The molecule has 0 amide bonds. The van der Waals surface area contributed by atoms with Crippen LogP contribution in [0.15, 0.2) is 0 Å². The van der Waals surface area contributed by atoms with Crippen molar-refractivity contribution in [3.05, 3.63) is 0 Å². The Morgan fingerprint density at radius 2 is 1.54 bits per heavy atom. The molecule has 0 N–H and O–H groups in total. The number of hydrogen-bond acceptors (Lipinski definition) is 1. The molecule has 1 saturated heterocycles. The molecular formula is C12H23N. The van der Waals surface area contributed by atoms with Gasteiger partial charge >= 0.3 is 0 Å². The molecule has 2 fully saturated rings. The maximum atomic E-state index is 2.66. The SMILES string of the molecule is CC(C)(C)CN1CCC2(CC1)CC2. The fourth-order valence-corrected chi connectivity index (χ4v) is 2.53. The van der Waals surface area contributed by atoms with E-state index in [1.165, 1.54) is 45.3 Å². The van der Waals surface area contributed by atoms with Gasteiger partial charge in [0.1, 0.15) is 0 Å². The Bertz CT molecular complexity index is 176. The number of nitrogens with zero attached hydrogens (tertiary/aromatic N) is 1. The van der Waals surface area contributed by atoms with Crippen molar-refractivity contribution in [1.29, 1.82) is 0 Å². The van der Waals surface area contributed by atoms with E-state index in [1.807, 2.05) is 0 Å². The van der Waals surface area contributed by atoms with Crippen LogP contribution in [0, 0.1) is 10.8 Å². The molecule has 0 aromatic heterocycles. The van der Waals surface area contributed by atoms with E-state index in [9.17, 15) is 0 Å². The lowest BCUT2D eigenvalue weighted by molar-refractivity contribution is 0.128. The standard InChI is InChI=1S/C12H23N/c1-11(2,3)10-13-8-6-12(4-5-12)7-9-13/h4-10H2,1-3H3. The Balaban J connectivity index is 1.78. The Morgan fingerprint density at radius 3 is 1.92 bits per heavy atom. The molecule has 1 spiro atoms. The smallest absolute Gasteiger partial charge is 0.00300 e. The normalized spacial score (nSPS) is 27.9. The van der Waals surface area contributed by atoms with Crippen LogP contribution in [0.4, 0.5) is 0 Å². The molecule has 1 saturated carbocycles. The van der Waals surface area contributed by atoms with E-state index in [0.29, 0.717) is 5.41 Å². The van der Waals surface area contributed by atoms with Crippen LogP contribution in [0.3, 0.4) is 0 Å². The van der Waals surface area contributed by atoms with Crippen molar-refractivity contribution < 1.29 is 0 Å². The van der Waals surface area contributed by atoms with Gasteiger partial charge in [-0.05, 0) is 49.6 Å². The molecule has 0 aromatic carbocycles. The minimum absolute atomic E-state index is 0.480. The second-order valence-electron chi connectivity index (χ2n) is 6.34. The highest BCUT2D eigenvalue weighted by Crippen LogP contribution is 2.53. The van der Waals surface area contributed by atoms with Crippen molar-refractivity contribution in [1.82, 2.24) is 4.90 Å². The van der Waals surface area contributed by atoms with Crippen molar-refractivity contribution in [2.75, 3.05) is 19.6 Å². The summed E-state index contributed by atoms with van der Waals surface area (Å²) in [5.41, 5.74) is 1.32. The van der Waals surface area contributed by atoms with Crippen molar-refractivity contribution in [3.63, 3.8) is 0 Å². The largest absolute Gasteiger partial charge is 0.303 e. The van der Waals surface area contributed by atoms with Crippen molar-refractivity contribution in [2.24, 2.45) is 10.8 Å². The molecule has 1 nitrogen and oxygen atoms in total. The van der Waals surface area contributed by atoms with Gasteiger partial charge in [0, 0.05) is 6.54 Å². The van der Waals surface area contributed by atoms with Crippen molar-refractivity contribution in [2.45, 2.75) is 46.5 Å². The molecule has 0 atom stereocenters. The summed E-state index contributed by atoms with van der Waals surface area (Å²) in [5.74, 6) is 0.